The average Bonchev–Trinajstić information content (AvgIpc) is 3.19. The van der Waals surface area contributed by atoms with Crippen molar-refractivity contribution in [3.8, 4) is 16.5 Å². The minimum Gasteiger partial charge on any atom is -0.484 e. The van der Waals surface area contributed by atoms with Crippen LogP contribution in [0.15, 0.2) is 30.9 Å². The van der Waals surface area contributed by atoms with Crippen LogP contribution in [0.25, 0.3) is 10.7 Å². The molecule has 2 aromatic heterocycles. The van der Waals surface area contributed by atoms with Crippen molar-refractivity contribution in [2.24, 2.45) is 0 Å². The second kappa shape index (κ2) is 8.49. The first-order valence-corrected chi connectivity index (χ1v) is 9.85. The van der Waals surface area contributed by atoms with Crippen LogP contribution in [-0.4, -0.2) is 32.3 Å². The number of aromatic nitrogens is 4. The van der Waals surface area contributed by atoms with Gasteiger partial charge in [-0.05, 0) is 56.2 Å². The molecule has 7 nitrogen and oxygen atoms in total. The molecule has 9 heteroatoms. The molecule has 0 unspecified atom stereocenters. The van der Waals surface area contributed by atoms with Gasteiger partial charge >= 0.3 is 0 Å². The summed E-state index contributed by atoms with van der Waals surface area (Å²) in [5, 5.41) is 10.3. The van der Waals surface area contributed by atoms with Crippen molar-refractivity contribution < 1.29 is 9.53 Å². The number of nitrogens with zero attached hydrogens (tertiary/aromatic N) is 3. The maximum atomic E-state index is 12.2. The molecule has 0 bridgehead atoms. The molecule has 146 valence electrons. The van der Waals surface area contributed by atoms with Crippen molar-refractivity contribution >= 4 is 34.6 Å². The number of amides is 1. The summed E-state index contributed by atoms with van der Waals surface area (Å²) in [6.45, 7) is 10.1. The van der Waals surface area contributed by atoms with E-state index in [-0.39, 0.29) is 12.5 Å². The lowest BCUT2D eigenvalue weighted by atomic mass is 10.1. The number of H-pyrrole nitrogens is 1. The number of nitrogens with one attached hydrogen (secondary N) is 2. The molecule has 0 saturated carbocycles. The summed E-state index contributed by atoms with van der Waals surface area (Å²) >= 11 is 6.59. The van der Waals surface area contributed by atoms with E-state index >= 15 is 0 Å². The van der Waals surface area contributed by atoms with Gasteiger partial charge in [-0.15, -0.1) is 6.58 Å². The van der Waals surface area contributed by atoms with Crippen LogP contribution in [0.1, 0.15) is 16.8 Å². The van der Waals surface area contributed by atoms with Crippen molar-refractivity contribution in [1.29, 1.82) is 0 Å². The predicted octanol–water partition coefficient (Wildman–Crippen LogP) is 4.19. The molecule has 3 rings (SSSR count). The molecule has 0 aliphatic carbocycles. The third kappa shape index (κ3) is 4.37. The Kier molecular flexibility index (Phi) is 6.05. The molecule has 3 aromatic rings. The topological polar surface area (TPSA) is 84.8 Å². The summed E-state index contributed by atoms with van der Waals surface area (Å²) < 4.78 is 7.91. The molecule has 0 radical (unpaired) electrons. The zero-order valence-corrected chi connectivity index (χ0v) is 17.5. The monoisotopic (exact) mass is 415 g/mol. The van der Waals surface area contributed by atoms with E-state index in [0.29, 0.717) is 28.0 Å². The van der Waals surface area contributed by atoms with E-state index in [4.69, 9.17) is 17.0 Å². The van der Waals surface area contributed by atoms with Gasteiger partial charge in [0.05, 0.1) is 10.6 Å². The van der Waals surface area contributed by atoms with E-state index in [1.165, 1.54) is 16.9 Å². The zero-order chi connectivity index (χ0) is 20.3. The standard InChI is InChI=1S/C19H21N5O2S2/c1-5-8-24-17(22-23-19(24)27)16-13(4)20-18(28-16)21-15(25)10-26-14-7-6-11(2)12(3)9-14/h5-7,9H,1,8,10H2,2-4H3,(H,23,27)(H,20,21,25). The van der Waals surface area contributed by atoms with Crippen LogP contribution in [-0.2, 0) is 11.3 Å². The smallest absolute Gasteiger partial charge is 0.264 e. The number of anilines is 1. The van der Waals surface area contributed by atoms with Gasteiger partial charge in [-0.3, -0.25) is 19.8 Å². The summed E-state index contributed by atoms with van der Waals surface area (Å²) in [6.07, 6.45) is 1.75. The van der Waals surface area contributed by atoms with Crippen molar-refractivity contribution in [3.63, 3.8) is 0 Å². The van der Waals surface area contributed by atoms with Crippen LogP contribution in [0.5, 0.6) is 5.75 Å². The second-order valence-electron chi connectivity index (χ2n) is 6.27. The number of carbonyl (C=O) groups excluding carboxylic acids is 1. The molecule has 0 fully saturated rings. The molecule has 0 saturated heterocycles. The van der Waals surface area contributed by atoms with Crippen LogP contribution >= 0.6 is 23.6 Å². The molecule has 1 aromatic carbocycles. The Hall–Kier alpha value is -2.78. The molecule has 0 atom stereocenters. The van der Waals surface area contributed by atoms with Crippen LogP contribution in [0.3, 0.4) is 0 Å². The normalized spacial score (nSPS) is 10.7. The number of aromatic amines is 1. The first kappa shape index (κ1) is 20.0. The molecule has 28 heavy (non-hydrogen) atoms. The molecule has 0 aliphatic heterocycles. The highest BCUT2D eigenvalue weighted by Crippen LogP contribution is 2.31. The summed E-state index contributed by atoms with van der Waals surface area (Å²) in [5.41, 5.74) is 3.05. The fourth-order valence-corrected chi connectivity index (χ4v) is 3.74. The van der Waals surface area contributed by atoms with E-state index in [1.54, 1.807) is 6.08 Å². The Morgan fingerprint density at radius 3 is 2.89 bits per heavy atom. The molecular weight excluding hydrogens is 394 g/mol. The van der Waals surface area contributed by atoms with Gasteiger partial charge in [0.2, 0.25) is 0 Å². The molecule has 1 amide bonds. The van der Waals surface area contributed by atoms with Gasteiger partial charge in [0.1, 0.15) is 5.75 Å². The Bertz CT molecular complexity index is 1080. The van der Waals surface area contributed by atoms with Crippen molar-refractivity contribution in [2.75, 3.05) is 11.9 Å². The third-order valence-corrected chi connectivity index (χ3v) is 5.54. The number of hydrogen-bond donors (Lipinski definition) is 2. The maximum Gasteiger partial charge on any atom is 0.264 e. The highest BCUT2D eigenvalue weighted by Gasteiger charge is 2.17. The number of aryl methyl sites for hydroxylation is 3. The highest BCUT2D eigenvalue weighted by atomic mass is 32.1. The van der Waals surface area contributed by atoms with Crippen LogP contribution in [0, 0.1) is 25.5 Å². The summed E-state index contributed by atoms with van der Waals surface area (Å²) in [5.74, 6) is 1.06. The Balaban J connectivity index is 1.69. The molecule has 2 N–H and O–H groups in total. The predicted molar refractivity (Wildman–Crippen MR) is 113 cm³/mol. The summed E-state index contributed by atoms with van der Waals surface area (Å²) in [7, 11) is 0. The lowest BCUT2D eigenvalue weighted by molar-refractivity contribution is -0.118. The number of benzene rings is 1. The fraction of sp³-hybridized carbons (Fsp3) is 0.263. The fourth-order valence-electron chi connectivity index (χ4n) is 2.55. The maximum absolute atomic E-state index is 12.2. The average molecular weight is 416 g/mol. The van der Waals surface area contributed by atoms with Gasteiger partial charge in [-0.2, -0.15) is 5.10 Å². The van der Waals surface area contributed by atoms with Crippen LogP contribution < -0.4 is 10.1 Å². The Morgan fingerprint density at radius 2 is 2.18 bits per heavy atom. The van der Waals surface area contributed by atoms with Crippen molar-refractivity contribution in [3.05, 3.63) is 52.4 Å². The van der Waals surface area contributed by atoms with Gasteiger partial charge < -0.3 is 4.74 Å². The number of carbonyl (C=O) groups is 1. The lowest BCUT2D eigenvalue weighted by Crippen LogP contribution is -2.20. The van der Waals surface area contributed by atoms with Gasteiger partial charge in [0.15, 0.2) is 22.3 Å². The summed E-state index contributed by atoms with van der Waals surface area (Å²) in [4.78, 5) is 17.5. The molecule has 0 spiro atoms. The quantitative estimate of drug-likeness (QED) is 0.446. The highest BCUT2D eigenvalue weighted by molar-refractivity contribution is 7.71. The van der Waals surface area contributed by atoms with Crippen molar-refractivity contribution in [2.45, 2.75) is 27.3 Å². The Labute approximate surface area is 172 Å². The van der Waals surface area contributed by atoms with E-state index in [2.05, 4.69) is 27.1 Å². The van der Waals surface area contributed by atoms with Gasteiger partial charge in [0, 0.05) is 6.54 Å². The van der Waals surface area contributed by atoms with Gasteiger partial charge in [-0.25, -0.2) is 4.98 Å². The van der Waals surface area contributed by atoms with Gasteiger partial charge in [0.25, 0.3) is 5.91 Å². The van der Waals surface area contributed by atoms with E-state index in [9.17, 15) is 4.79 Å². The second-order valence-corrected chi connectivity index (χ2v) is 7.65. The number of hydrogen-bond acceptors (Lipinski definition) is 6. The van der Waals surface area contributed by atoms with Crippen molar-refractivity contribution in [1.82, 2.24) is 19.7 Å². The number of ether oxygens (including phenoxy) is 1. The Morgan fingerprint density at radius 1 is 1.39 bits per heavy atom. The molecule has 2 heterocycles. The van der Waals surface area contributed by atoms with Crippen LogP contribution in [0.2, 0.25) is 0 Å². The van der Waals surface area contributed by atoms with E-state index in [1.807, 2.05) is 43.5 Å². The third-order valence-electron chi connectivity index (χ3n) is 4.16. The largest absolute Gasteiger partial charge is 0.484 e. The lowest BCUT2D eigenvalue weighted by Gasteiger charge is -2.07. The first-order valence-electron chi connectivity index (χ1n) is 8.63. The summed E-state index contributed by atoms with van der Waals surface area (Å²) in [6, 6.07) is 5.73. The van der Waals surface area contributed by atoms with Gasteiger partial charge in [-0.1, -0.05) is 23.5 Å². The minimum absolute atomic E-state index is 0.0916. The molecular formula is C19H21N5O2S2. The van der Waals surface area contributed by atoms with E-state index in [0.717, 1.165) is 16.1 Å². The number of allylic oxidation sites excluding steroid dienone is 1. The zero-order valence-electron chi connectivity index (χ0n) is 15.9. The minimum atomic E-state index is -0.275. The van der Waals surface area contributed by atoms with E-state index < -0.39 is 0 Å². The number of thiazole rings is 1. The number of rotatable bonds is 7. The SMILES string of the molecule is C=CCn1c(-c2sc(NC(=O)COc3ccc(C)c(C)c3)nc2C)n[nH]c1=S. The first-order chi connectivity index (χ1) is 13.4. The van der Waals surface area contributed by atoms with Crippen LogP contribution in [0.4, 0.5) is 5.13 Å². The molecule has 0 aliphatic rings.